The second-order valence-electron chi connectivity index (χ2n) is 5.00. The third kappa shape index (κ3) is 1.99. The van der Waals surface area contributed by atoms with Crippen molar-refractivity contribution in [3.05, 3.63) is 23.0 Å². The lowest BCUT2D eigenvalue weighted by Gasteiger charge is -2.28. The van der Waals surface area contributed by atoms with Crippen LogP contribution in [-0.2, 0) is 10.2 Å². The fourth-order valence-electron chi connectivity index (χ4n) is 2.21. The van der Waals surface area contributed by atoms with Gasteiger partial charge in [-0.1, -0.05) is 13.8 Å². The lowest BCUT2D eigenvalue weighted by Crippen LogP contribution is -2.26. The molecule has 1 aliphatic carbocycles. The molecule has 1 aliphatic rings. The second kappa shape index (κ2) is 4.02. The van der Waals surface area contributed by atoms with E-state index in [-0.39, 0.29) is 11.2 Å². The van der Waals surface area contributed by atoms with E-state index in [9.17, 15) is 9.59 Å². The fourth-order valence-corrected chi connectivity index (χ4v) is 2.21. The van der Waals surface area contributed by atoms with E-state index in [0.717, 1.165) is 12.1 Å². The molecule has 4 heteroatoms. The molecule has 0 saturated carbocycles. The number of H-pyrrole nitrogens is 1. The van der Waals surface area contributed by atoms with Crippen molar-refractivity contribution >= 4 is 11.8 Å². The van der Waals surface area contributed by atoms with Crippen molar-refractivity contribution in [3.63, 3.8) is 0 Å². The molecule has 0 radical (unpaired) electrons. The van der Waals surface area contributed by atoms with Crippen LogP contribution in [-0.4, -0.2) is 23.3 Å². The van der Waals surface area contributed by atoms with E-state index in [1.807, 2.05) is 0 Å². The van der Waals surface area contributed by atoms with Crippen molar-refractivity contribution < 1.29 is 14.3 Å². The monoisotopic (exact) mass is 235 g/mol. The Bertz CT molecular complexity index is 471. The number of hydrogen-bond donors (Lipinski definition) is 1. The highest BCUT2D eigenvalue weighted by Crippen LogP contribution is 2.36. The largest absolute Gasteiger partial charge is 0.461 e. The van der Waals surface area contributed by atoms with Crippen LogP contribution in [0, 0.1) is 0 Å². The molecule has 0 saturated heterocycles. The Labute approximate surface area is 100 Å². The minimum absolute atomic E-state index is 0.0893. The summed E-state index contributed by atoms with van der Waals surface area (Å²) in [5, 5.41) is 0. The van der Waals surface area contributed by atoms with Crippen LogP contribution in [0.3, 0.4) is 0 Å². The van der Waals surface area contributed by atoms with Crippen LogP contribution in [0.1, 0.15) is 60.2 Å². The highest BCUT2D eigenvalue weighted by Gasteiger charge is 2.34. The van der Waals surface area contributed by atoms with Crippen molar-refractivity contribution in [3.8, 4) is 0 Å². The zero-order valence-electron chi connectivity index (χ0n) is 10.4. The van der Waals surface area contributed by atoms with Crippen LogP contribution in [0.2, 0.25) is 0 Å². The summed E-state index contributed by atoms with van der Waals surface area (Å²) in [4.78, 5) is 26.5. The predicted molar refractivity (Wildman–Crippen MR) is 63.3 cm³/mol. The van der Waals surface area contributed by atoms with Gasteiger partial charge >= 0.3 is 5.97 Å². The number of hydrogen-bond acceptors (Lipinski definition) is 3. The van der Waals surface area contributed by atoms with Gasteiger partial charge in [-0.2, -0.15) is 0 Å². The maximum absolute atomic E-state index is 11.8. The lowest BCUT2D eigenvalue weighted by atomic mass is 9.76. The number of fused-ring (bicyclic) bond motifs is 1. The van der Waals surface area contributed by atoms with Crippen molar-refractivity contribution in [1.29, 1.82) is 0 Å². The highest BCUT2D eigenvalue weighted by atomic mass is 16.5. The molecule has 0 bridgehead atoms. The van der Waals surface area contributed by atoms with Crippen LogP contribution in [0.15, 0.2) is 6.07 Å². The number of aromatic nitrogens is 1. The van der Waals surface area contributed by atoms with E-state index in [2.05, 4.69) is 18.8 Å². The molecule has 1 aromatic rings. The van der Waals surface area contributed by atoms with Gasteiger partial charge in [-0.25, -0.2) is 4.79 Å². The van der Waals surface area contributed by atoms with Gasteiger partial charge in [0.1, 0.15) is 5.69 Å². The number of rotatable bonds is 2. The Morgan fingerprint density at radius 2 is 2.24 bits per heavy atom. The third-order valence-corrected chi connectivity index (χ3v) is 3.27. The Morgan fingerprint density at radius 3 is 2.82 bits per heavy atom. The number of nitrogens with one attached hydrogen (secondary N) is 1. The molecule has 0 aromatic carbocycles. The molecule has 0 spiro atoms. The summed E-state index contributed by atoms with van der Waals surface area (Å²) in [5.74, 6) is -0.295. The minimum Gasteiger partial charge on any atom is -0.461 e. The van der Waals surface area contributed by atoms with Crippen molar-refractivity contribution in [2.75, 3.05) is 6.61 Å². The Balaban J connectivity index is 2.43. The fraction of sp³-hybridized carbons (Fsp3) is 0.538. The van der Waals surface area contributed by atoms with Gasteiger partial charge in [0.15, 0.2) is 5.78 Å². The smallest absolute Gasteiger partial charge is 0.354 e. The molecule has 0 amide bonds. The number of Topliss-reactive ketones (excluding diaryl/α,β-unsaturated/α-hetero) is 1. The molecule has 0 fully saturated rings. The molecule has 0 unspecified atom stereocenters. The SMILES string of the molecule is CCOC(=O)c1cc2c([nH]1)C(C)(C)CCC2=O. The first-order valence-electron chi connectivity index (χ1n) is 5.89. The Kier molecular flexibility index (Phi) is 2.81. The summed E-state index contributed by atoms with van der Waals surface area (Å²) < 4.78 is 4.93. The molecule has 17 heavy (non-hydrogen) atoms. The van der Waals surface area contributed by atoms with Crippen LogP contribution < -0.4 is 0 Å². The van der Waals surface area contributed by atoms with Gasteiger partial charge < -0.3 is 9.72 Å². The molecular formula is C13H17NO3. The number of ether oxygens (including phenoxy) is 1. The quantitative estimate of drug-likeness (QED) is 0.801. The topological polar surface area (TPSA) is 59.2 Å². The predicted octanol–water partition coefficient (Wildman–Crippen LogP) is 2.45. The van der Waals surface area contributed by atoms with Gasteiger partial charge in [-0.15, -0.1) is 0 Å². The second-order valence-corrected chi connectivity index (χ2v) is 5.00. The van der Waals surface area contributed by atoms with E-state index in [1.54, 1.807) is 13.0 Å². The van der Waals surface area contributed by atoms with Crippen LogP contribution >= 0.6 is 0 Å². The molecule has 92 valence electrons. The molecule has 1 aromatic heterocycles. The highest BCUT2D eigenvalue weighted by molar-refractivity contribution is 6.01. The van der Waals surface area contributed by atoms with E-state index in [0.29, 0.717) is 24.3 Å². The maximum Gasteiger partial charge on any atom is 0.354 e. The summed E-state index contributed by atoms with van der Waals surface area (Å²) in [5.41, 5.74) is 1.79. The molecule has 0 atom stereocenters. The zero-order valence-corrected chi connectivity index (χ0v) is 10.4. The van der Waals surface area contributed by atoms with Gasteiger partial charge in [0.2, 0.25) is 0 Å². The molecule has 1 N–H and O–H groups in total. The summed E-state index contributed by atoms with van der Waals surface area (Å²) in [6.45, 7) is 6.24. The van der Waals surface area contributed by atoms with Crippen molar-refractivity contribution in [2.45, 2.75) is 39.0 Å². The van der Waals surface area contributed by atoms with Gasteiger partial charge in [-0.05, 0) is 19.4 Å². The van der Waals surface area contributed by atoms with Crippen LogP contribution in [0.5, 0.6) is 0 Å². The number of ketones is 1. The Hall–Kier alpha value is -1.58. The summed E-state index contributed by atoms with van der Waals surface area (Å²) in [7, 11) is 0. The summed E-state index contributed by atoms with van der Waals surface area (Å²) in [6.07, 6.45) is 1.35. The first-order valence-corrected chi connectivity index (χ1v) is 5.89. The molecule has 0 aliphatic heterocycles. The number of carbonyl (C=O) groups is 2. The van der Waals surface area contributed by atoms with Gasteiger partial charge in [0, 0.05) is 23.1 Å². The van der Waals surface area contributed by atoms with Gasteiger partial charge in [-0.3, -0.25) is 4.79 Å². The average Bonchev–Trinajstić information content (AvgIpc) is 2.71. The van der Waals surface area contributed by atoms with Gasteiger partial charge in [0.25, 0.3) is 0 Å². The standard InChI is InChI=1S/C13H17NO3/c1-4-17-12(16)9-7-8-10(15)5-6-13(2,3)11(8)14-9/h7,14H,4-6H2,1-3H3. The van der Waals surface area contributed by atoms with Crippen LogP contribution in [0.4, 0.5) is 0 Å². The molecule has 1 heterocycles. The molecule has 2 rings (SSSR count). The molecular weight excluding hydrogens is 218 g/mol. The van der Waals surface area contributed by atoms with Crippen molar-refractivity contribution in [2.24, 2.45) is 0 Å². The Morgan fingerprint density at radius 1 is 1.53 bits per heavy atom. The number of esters is 1. The first-order chi connectivity index (χ1) is 7.95. The van der Waals surface area contributed by atoms with E-state index >= 15 is 0 Å². The van der Waals surface area contributed by atoms with E-state index in [4.69, 9.17) is 4.74 Å². The minimum atomic E-state index is -0.398. The summed E-state index contributed by atoms with van der Waals surface area (Å²) in [6, 6.07) is 1.62. The van der Waals surface area contributed by atoms with E-state index in [1.165, 1.54) is 0 Å². The normalized spacial score (nSPS) is 17.7. The molecule has 4 nitrogen and oxygen atoms in total. The lowest BCUT2D eigenvalue weighted by molar-refractivity contribution is 0.0520. The average molecular weight is 235 g/mol. The first kappa shape index (κ1) is 11.9. The van der Waals surface area contributed by atoms with Crippen LogP contribution in [0.25, 0.3) is 0 Å². The zero-order chi connectivity index (χ0) is 12.6. The van der Waals surface area contributed by atoms with E-state index < -0.39 is 5.97 Å². The number of aromatic amines is 1. The maximum atomic E-state index is 11.8. The number of carbonyl (C=O) groups excluding carboxylic acids is 2. The summed E-state index contributed by atoms with van der Waals surface area (Å²) >= 11 is 0. The van der Waals surface area contributed by atoms with Gasteiger partial charge in [0.05, 0.1) is 6.61 Å². The third-order valence-electron chi connectivity index (χ3n) is 3.27. The van der Waals surface area contributed by atoms with Crippen molar-refractivity contribution in [1.82, 2.24) is 4.98 Å².